The number of nitrogens with zero attached hydrogens (tertiary/aromatic N) is 2. The Bertz CT molecular complexity index is 623. The highest BCUT2D eigenvalue weighted by atomic mass is 32.1. The van der Waals surface area contributed by atoms with Gasteiger partial charge in [0, 0.05) is 11.5 Å². The van der Waals surface area contributed by atoms with Crippen molar-refractivity contribution < 1.29 is 0 Å². The molecule has 1 N–H and O–H groups in total. The SMILES string of the molecule is c1ccc(CC(Nc2cnns2)c2ccccc2)cc1. The van der Waals surface area contributed by atoms with E-state index in [0.717, 1.165) is 11.4 Å². The summed E-state index contributed by atoms with van der Waals surface area (Å²) in [5, 5.41) is 8.39. The molecule has 0 amide bonds. The molecular formula is C16H15N3S. The lowest BCUT2D eigenvalue weighted by molar-refractivity contribution is 0.778. The minimum absolute atomic E-state index is 0.223. The van der Waals surface area contributed by atoms with E-state index in [1.165, 1.54) is 22.7 Å². The van der Waals surface area contributed by atoms with Crippen LogP contribution in [0.5, 0.6) is 0 Å². The van der Waals surface area contributed by atoms with Crippen LogP contribution in [0, 0.1) is 0 Å². The zero-order valence-electron chi connectivity index (χ0n) is 10.9. The van der Waals surface area contributed by atoms with Crippen molar-refractivity contribution in [3.8, 4) is 0 Å². The molecule has 20 heavy (non-hydrogen) atoms. The molecule has 1 unspecified atom stereocenters. The largest absolute Gasteiger partial charge is 0.367 e. The van der Waals surface area contributed by atoms with Crippen molar-refractivity contribution in [3.63, 3.8) is 0 Å². The predicted molar refractivity (Wildman–Crippen MR) is 82.9 cm³/mol. The number of hydrogen-bond donors (Lipinski definition) is 1. The van der Waals surface area contributed by atoms with Crippen LogP contribution in [0.25, 0.3) is 0 Å². The molecule has 2 aromatic carbocycles. The third kappa shape index (κ3) is 3.22. The monoisotopic (exact) mass is 281 g/mol. The summed E-state index contributed by atoms with van der Waals surface area (Å²) in [6.07, 6.45) is 2.70. The molecule has 1 atom stereocenters. The average Bonchev–Trinajstić information content (AvgIpc) is 3.02. The van der Waals surface area contributed by atoms with E-state index >= 15 is 0 Å². The number of anilines is 1. The van der Waals surface area contributed by atoms with Gasteiger partial charge in [0.25, 0.3) is 0 Å². The van der Waals surface area contributed by atoms with Gasteiger partial charge in [-0.05, 0) is 17.5 Å². The van der Waals surface area contributed by atoms with Crippen molar-refractivity contribution in [2.75, 3.05) is 5.32 Å². The fraction of sp³-hybridized carbons (Fsp3) is 0.125. The third-order valence-corrected chi connectivity index (χ3v) is 3.76. The van der Waals surface area contributed by atoms with E-state index < -0.39 is 0 Å². The maximum absolute atomic E-state index is 3.91. The van der Waals surface area contributed by atoms with Gasteiger partial charge < -0.3 is 5.32 Å². The lowest BCUT2D eigenvalue weighted by atomic mass is 9.99. The summed E-state index contributed by atoms with van der Waals surface area (Å²) in [4.78, 5) is 0. The van der Waals surface area contributed by atoms with Crippen molar-refractivity contribution in [1.29, 1.82) is 0 Å². The van der Waals surface area contributed by atoms with Crippen LogP contribution in [-0.2, 0) is 6.42 Å². The second kappa shape index (κ2) is 6.30. The second-order valence-electron chi connectivity index (χ2n) is 4.58. The fourth-order valence-corrected chi connectivity index (χ4v) is 2.66. The Labute approximate surface area is 122 Å². The molecule has 4 heteroatoms. The van der Waals surface area contributed by atoms with Gasteiger partial charge >= 0.3 is 0 Å². The number of nitrogens with one attached hydrogen (secondary N) is 1. The summed E-state index contributed by atoms with van der Waals surface area (Å²) >= 11 is 1.38. The van der Waals surface area contributed by atoms with Crippen LogP contribution in [0.15, 0.2) is 66.9 Å². The number of rotatable bonds is 5. The van der Waals surface area contributed by atoms with Gasteiger partial charge in [0.15, 0.2) is 0 Å². The van der Waals surface area contributed by atoms with Crippen LogP contribution in [0.1, 0.15) is 17.2 Å². The minimum Gasteiger partial charge on any atom is -0.367 e. The number of aromatic nitrogens is 2. The molecule has 3 aromatic rings. The third-order valence-electron chi connectivity index (χ3n) is 3.16. The highest BCUT2D eigenvalue weighted by Gasteiger charge is 2.13. The quantitative estimate of drug-likeness (QED) is 0.770. The van der Waals surface area contributed by atoms with E-state index in [0.29, 0.717) is 0 Å². The molecule has 100 valence electrons. The Kier molecular flexibility index (Phi) is 4.04. The van der Waals surface area contributed by atoms with Crippen molar-refractivity contribution in [3.05, 3.63) is 78.0 Å². The van der Waals surface area contributed by atoms with Crippen molar-refractivity contribution in [2.45, 2.75) is 12.5 Å². The Balaban J connectivity index is 1.83. The molecule has 0 bridgehead atoms. The maximum atomic E-state index is 3.91. The van der Waals surface area contributed by atoms with Gasteiger partial charge in [0.2, 0.25) is 0 Å². The minimum atomic E-state index is 0.223. The summed E-state index contributed by atoms with van der Waals surface area (Å²) in [6, 6.07) is 21.2. The van der Waals surface area contributed by atoms with Gasteiger partial charge in [-0.2, -0.15) is 0 Å². The van der Waals surface area contributed by atoms with E-state index in [2.05, 4.69) is 63.4 Å². The van der Waals surface area contributed by atoms with Gasteiger partial charge in [0.1, 0.15) is 5.00 Å². The first-order valence-electron chi connectivity index (χ1n) is 6.54. The van der Waals surface area contributed by atoms with E-state index in [1.54, 1.807) is 6.20 Å². The zero-order chi connectivity index (χ0) is 13.6. The van der Waals surface area contributed by atoms with Gasteiger partial charge in [-0.3, -0.25) is 0 Å². The Morgan fingerprint density at radius 3 is 2.30 bits per heavy atom. The fourth-order valence-electron chi connectivity index (χ4n) is 2.19. The van der Waals surface area contributed by atoms with Gasteiger partial charge in [0.05, 0.1) is 12.2 Å². The molecule has 0 saturated carbocycles. The first-order chi connectivity index (χ1) is 9.92. The Hall–Kier alpha value is -2.20. The van der Waals surface area contributed by atoms with Gasteiger partial charge in [-0.1, -0.05) is 65.2 Å². The maximum Gasteiger partial charge on any atom is 0.130 e. The average molecular weight is 281 g/mol. The second-order valence-corrected chi connectivity index (χ2v) is 5.36. The van der Waals surface area contributed by atoms with Crippen molar-refractivity contribution in [2.24, 2.45) is 0 Å². The van der Waals surface area contributed by atoms with Crippen LogP contribution in [-0.4, -0.2) is 9.59 Å². The molecule has 0 saturated heterocycles. The lowest BCUT2D eigenvalue weighted by Gasteiger charge is -2.19. The molecule has 0 aliphatic rings. The molecule has 0 radical (unpaired) electrons. The molecule has 0 fully saturated rings. The van der Waals surface area contributed by atoms with Crippen molar-refractivity contribution in [1.82, 2.24) is 9.59 Å². The molecule has 0 aliphatic carbocycles. The first-order valence-corrected chi connectivity index (χ1v) is 7.32. The molecule has 3 rings (SSSR count). The predicted octanol–water partition coefficient (Wildman–Crippen LogP) is 3.93. The summed E-state index contributed by atoms with van der Waals surface area (Å²) in [7, 11) is 0. The van der Waals surface area contributed by atoms with Gasteiger partial charge in [-0.25, -0.2) is 0 Å². The molecule has 0 aliphatic heterocycles. The van der Waals surface area contributed by atoms with E-state index in [4.69, 9.17) is 0 Å². The lowest BCUT2D eigenvalue weighted by Crippen LogP contribution is -2.12. The van der Waals surface area contributed by atoms with E-state index in [-0.39, 0.29) is 6.04 Å². The zero-order valence-corrected chi connectivity index (χ0v) is 11.8. The summed E-state index contributed by atoms with van der Waals surface area (Å²) in [5.74, 6) is 0. The van der Waals surface area contributed by atoms with Gasteiger partial charge in [-0.15, -0.1) is 5.10 Å². The Morgan fingerprint density at radius 1 is 0.950 bits per heavy atom. The topological polar surface area (TPSA) is 37.8 Å². The van der Waals surface area contributed by atoms with Crippen LogP contribution >= 0.6 is 11.5 Å². The molecule has 0 spiro atoms. The molecular weight excluding hydrogens is 266 g/mol. The summed E-state index contributed by atoms with van der Waals surface area (Å²) < 4.78 is 3.91. The Morgan fingerprint density at radius 2 is 1.65 bits per heavy atom. The number of hydrogen-bond acceptors (Lipinski definition) is 4. The normalized spacial score (nSPS) is 12.0. The molecule has 1 aromatic heterocycles. The van der Waals surface area contributed by atoms with Crippen LogP contribution in [0.2, 0.25) is 0 Å². The van der Waals surface area contributed by atoms with Crippen LogP contribution < -0.4 is 5.32 Å². The van der Waals surface area contributed by atoms with Crippen molar-refractivity contribution >= 4 is 16.5 Å². The standard InChI is InChI=1S/C16H15N3S/c1-3-7-13(8-4-1)11-15(14-9-5-2-6-10-14)18-16-12-17-19-20-16/h1-10,12,15,18H,11H2. The molecule has 3 nitrogen and oxygen atoms in total. The van der Waals surface area contributed by atoms with E-state index in [1.807, 2.05) is 12.1 Å². The highest BCUT2D eigenvalue weighted by molar-refractivity contribution is 7.09. The first kappa shape index (κ1) is 12.8. The van der Waals surface area contributed by atoms with Crippen LogP contribution in [0.3, 0.4) is 0 Å². The smallest absolute Gasteiger partial charge is 0.130 e. The molecule has 1 heterocycles. The van der Waals surface area contributed by atoms with E-state index in [9.17, 15) is 0 Å². The van der Waals surface area contributed by atoms with Crippen LogP contribution in [0.4, 0.5) is 5.00 Å². The summed E-state index contributed by atoms with van der Waals surface area (Å²) in [6.45, 7) is 0. The highest BCUT2D eigenvalue weighted by Crippen LogP contribution is 2.24. The summed E-state index contributed by atoms with van der Waals surface area (Å²) in [5.41, 5.74) is 2.58. The number of benzene rings is 2.